The highest BCUT2D eigenvalue weighted by Gasteiger charge is 2.48. The van der Waals surface area contributed by atoms with E-state index in [1.165, 1.54) is 0 Å². The van der Waals surface area contributed by atoms with Gasteiger partial charge in [-0.3, -0.25) is 4.79 Å². The highest BCUT2D eigenvalue weighted by molar-refractivity contribution is 5.85. The summed E-state index contributed by atoms with van der Waals surface area (Å²) in [6.45, 7) is 3.00. The van der Waals surface area contributed by atoms with Gasteiger partial charge in [0, 0.05) is 26.8 Å². The molecule has 0 bridgehead atoms. The van der Waals surface area contributed by atoms with Gasteiger partial charge in [0.1, 0.15) is 0 Å². The molecule has 0 saturated heterocycles. The van der Waals surface area contributed by atoms with E-state index in [1.807, 2.05) is 0 Å². The topological polar surface area (TPSA) is 73.6 Å². The number of nitrogens with one attached hydrogen (secondary N) is 1. The first kappa shape index (κ1) is 13.4. The van der Waals surface area contributed by atoms with E-state index in [1.54, 1.807) is 7.11 Å². The van der Waals surface area contributed by atoms with Crippen LogP contribution in [0.25, 0.3) is 0 Å². The Hall–Kier alpha value is -0.650. The molecule has 0 aromatic rings. The summed E-state index contributed by atoms with van der Waals surface area (Å²) < 4.78 is 10.1. The highest BCUT2D eigenvalue weighted by atomic mass is 16.5. The Morgan fingerprint density at radius 2 is 2.12 bits per heavy atom. The van der Waals surface area contributed by atoms with Crippen LogP contribution in [0.1, 0.15) is 19.3 Å². The Balaban J connectivity index is 1.93. The van der Waals surface area contributed by atoms with Crippen molar-refractivity contribution in [1.82, 2.24) is 5.32 Å². The molecule has 1 aliphatic carbocycles. The largest absolute Gasteiger partial charge is 0.382 e. The molecular formula is C11H22N2O3. The molecule has 1 amide bonds. The molecule has 1 fully saturated rings. The van der Waals surface area contributed by atoms with Crippen LogP contribution in [0.5, 0.6) is 0 Å². The summed E-state index contributed by atoms with van der Waals surface area (Å²) in [6, 6.07) is 0. The van der Waals surface area contributed by atoms with Gasteiger partial charge in [0.25, 0.3) is 0 Å². The lowest BCUT2D eigenvalue weighted by Gasteiger charge is -2.12. The maximum absolute atomic E-state index is 11.6. The van der Waals surface area contributed by atoms with Gasteiger partial charge in [0.05, 0.1) is 18.6 Å². The minimum Gasteiger partial charge on any atom is -0.382 e. The molecule has 0 radical (unpaired) electrons. The van der Waals surface area contributed by atoms with Crippen LogP contribution in [0.15, 0.2) is 0 Å². The van der Waals surface area contributed by atoms with Gasteiger partial charge in [-0.15, -0.1) is 0 Å². The molecule has 0 unspecified atom stereocenters. The average molecular weight is 230 g/mol. The Kier molecular flexibility index (Phi) is 5.73. The van der Waals surface area contributed by atoms with Crippen molar-refractivity contribution in [2.75, 3.05) is 40.0 Å². The first-order valence-corrected chi connectivity index (χ1v) is 5.80. The maximum Gasteiger partial charge on any atom is 0.227 e. The molecule has 1 rings (SSSR count). The standard InChI is InChI=1S/C11H22N2O3/c1-15-7-8-16-6-2-5-13-10(14)11(9-12)3-4-11/h2-9,12H2,1H3,(H,13,14). The second-order valence-corrected chi connectivity index (χ2v) is 4.20. The van der Waals surface area contributed by atoms with Gasteiger partial charge in [-0.2, -0.15) is 0 Å². The van der Waals surface area contributed by atoms with Gasteiger partial charge < -0.3 is 20.5 Å². The highest BCUT2D eigenvalue weighted by Crippen LogP contribution is 2.44. The Bertz CT molecular complexity index is 217. The summed E-state index contributed by atoms with van der Waals surface area (Å²) in [4.78, 5) is 11.6. The minimum absolute atomic E-state index is 0.104. The smallest absolute Gasteiger partial charge is 0.227 e. The van der Waals surface area contributed by atoms with Crippen molar-refractivity contribution >= 4 is 5.91 Å². The summed E-state index contributed by atoms with van der Waals surface area (Å²) in [5.74, 6) is 0.104. The predicted molar refractivity (Wildman–Crippen MR) is 61.0 cm³/mol. The van der Waals surface area contributed by atoms with E-state index in [9.17, 15) is 4.79 Å². The lowest BCUT2D eigenvalue weighted by atomic mass is 10.1. The van der Waals surface area contributed by atoms with E-state index in [-0.39, 0.29) is 11.3 Å². The van der Waals surface area contributed by atoms with Crippen molar-refractivity contribution in [3.63, 3.8) is 0 Å². The summed E-state index contributed by atoms with van der Waals surface area (Å²) in [5, 5.41) is 2.90. The molecule has 0 aromatic carbocycles. The molecule has 0 aromatic heterocycles. The van der Waals surface area contributed by atoms with Crippen LogP contribution >= 0.6 is 0 Å². The van der Waals surface area contributed by atoms with Gasteiger partial charge in [-0.25, -0.2) is 0 Å². The van der Waals surface area contributed by atoms with Crippen LogP contribution in [0.3, 0.4) is 0 Å². The molecule has 0 heterocycles. The fourth-order valence-electron chi connectivity index (χ4n) is 1.48. The van der Waals surface area contributed by atoms with Crippen molar-refractivity contribution in [2.24, 2.45) is 11.1 Å². The lowest BCUT2D eigenvalue weighted by Crippen LogP contribution is -2.37. The molecule has 1 aliphatic rings. The summed E-state index contributed by atoms with van der Waals surface area (Å²) in [5.41, 5.74) is 5.32. The number of amides is 1. The number of rotatable bonds is 9. The van der Waals surface area contributed by atoms with Gasteiger partial charge >= 0.3 is 0 Å². The average Bonchev–Trinajstić information content (AvgIpc) is 3.08. The molecule has 5 nitrogen and oxygen atoms in total. The number of ether oxygens (including phenoxy) is 2. The number of methoxy groups -OCH3 is 1. The lowest BCUT2D eigenvalue weighted by molar-refractivity contribution is -0.126. The Morgan fingerprint density at radius 1 is 1.38 bits per heavy atom. The number of hydrogen-bond donors (Lipinski definition) is 2. The fraction of sp³-hybridized carbons (Fsp3) is 0.909. The SMILES string of the molecule is COCCOCCCNC(=O)C1(CN)CC1. The minimum atomic E-state index is -0.239. The second-order valence-electron chi connectivity index (χ2n) is 4.20. The van der Waals surface area contributed by atoms with Crippen LogP contribution in [0.2, 0.25) is 0 Å². The normalized spacial score (nSPS) is 17.1. The quantitative estimate of drug-likeness (QED) is 0.542. The van der Waals surface area contributed by atoms with Crippen molar-refractivity contribution in [1.29, 1.82) is 0 Å². The van der Waals surface area contributed by atoms with Gasteiger partial charge in [-0.1, -0.05) is 0 Å². The van der Waals surface area contributed by atoms with E-state index in [2.05, 4.69) is 5.32 Å². The van der Waals surface area contributed by atoms with Crippen LogP contribution in [0.4, 0.5) is 0 Å². The zero-order chi connectivity index (χ0) is 11.9. The van der Waals surface area contributed by atoms with Gasteiger partial charge in [0.15, 0.2) is 0 Å². The first-order chi connectivity index (χ1) is 7.75. The molecule has 1 saturated carbocycles. The molecule has 3 N–H and O–H groups in total. The molecule has 5 heteroatoms. The molecule has 16 heavy (non-hydrogen) atoms. The zero-order valence-corrected chi connectivity index (χ0v) is 9.96. The van der Waals surface area contributed by atoms with E-state index in [4.69, 9.17) is 15.2 Å². The number of carbonyl (C=O) groups excluding carboxylic acids is 1. The monoisotopic (exact) mass is 230 g/mol. The predicted octanol–water partition coefficient (Wildman–Crippen LogP) is -0.105. The van der Waals surface area contributed by atoms with E-state index >= 15 is 0 Å². The Labute approximate surface area is 96.7 Å². The van der Waals surface area contributed by atoms with Crippen molar-refractivity contribution in [2.45, 2.75) is 19.3 Å². The van der Waals surface area contributed by atoms with Crippen molar-refractivity contribution in [3.8, 4) is 0 Å². The van der Waals surface area contributed by atoms with Crippen molar-refractivity contribution in [3.05, 3.63) is 0 Å². The fourth-order valence-corrected chi connectivity index (χ4v) is 1.48. The van der Waals surface area contributed by atoms with E-state index in [0.717, 1.165) is 19.3 Å². The third-order valence-corrected chi connectivity index (χ3v) is 2.91. The number of nitrogens with two attached hydrogens (primary N) is 1. The van der Waals surface area contributed by atoms with Crippen LogP contribution < -0.4 is 11.1 Å². The van der Waals surface area contributed by atoms with Gasteiger partial charge in [0.2, 0.25) is 5.91 Å². The first-order valence-electron chi connectivity index (χ1n) is 5.80. The molecular weight excluding hydrogens is 208 g/mol. The number of carbonyl (C=O) groups is 1. The molecule has 94 valence electrons. The number of hydrogen-bond acceptors (Lipinski definition) is 4. The maximum atomic E-state index is 11.6. The molecule has 0 spiro atoms. The summed E-state index contributed by atoms with van der Waals surface area (Å²) in [7, 11) is 1.64. The summed E-state index contributed by atoms with van der Waals surface area (Å²) in [6.07, 6.45) is 2.69. The third-order valence-electron chi connectivity index (χ3n) is 2.91. The molecule has 0 atom stereocenters. The van der Waals surface area contributed by atoms with Crippen LogP contribution in [0, 0.1) is 5.41 Å². The van der Waals surface area contributed by atoms with Gasteiger partial charge in [-0.05, 0) is 19.3 Å². The zero-order valence-electron chi connectivity index (χ0n) is 9.96. The molecule has 0 aliphatic heterocycles. The van der Waals surface area contributed by atoms with E-state index < -0.39 is 0 Å². The Morgan fingerprint density at radius 3 is 2.69 bits per heavy atom. The third kappa shape index (κ3) is 4.08. The second kappa shape index (κ2) is 6.83. The van der Waals surface area contributed by atoms with E-state index in [0.29, 0.717) is 32.9 Å². The summed E-state index contributed by atoms with van der Waals surface area (Å²) >= 11 is 0. The van der Waals surface area contributed by atoms with Crippen molar-refractivity contribution < 1.29 is 14.3 Å². The van der Waals surface area contributed by atoms with Crippen LogP contribution in [-0.4, -0.2) is 45.9 Å². The van der Waals surface area contributed by atoms with Crippen LogP contribution in [-0.2, 0) is 14.3 Å².